The summed E-state index contributed by atoms with van der Waals surface area (Å²) in [7, 11) is 0. The van der Waals surface area contributed by atoms with E-state index >= 15 is 0 Å². The van der Waals surface area contributed by atoms with Gasteiger partial charge in [-0.1, -0.05) is 13.8 Å². The molecule has 0 amide bonds. The van der Waals surface area contributed by atoms with Crippen molar-refractivity contribution in [2.45, 2.75) is 25.3 Å². The third-order valence-electron chi connectivity index (χ3n) is 2.04. The van der Waals surface area contributed by atoms with E-state index in [1.165, 1.54) is 5.56 Å². The van der Waals surface area contributed by atoms with Crippen LogP contribution in [0.3, 0.4) is 0 Å². The second-order valence-electron chi connectivity index (χ2n) is 3.73. The van der Waals surface area contributed by atoms with Crippen molar-refractivity contribution in [3.63, 3.8) is 0 Å². The van der Waals surface area contributed by atoms with E-state index < -0.39 is 11.4 Å². The van der Waals surface area contributed by atoms with Gasteiger partial charge in [0.05, 0.1) is 17.9 Å². The second-order valence-corrected chi connectivity index (χ2v) is 5.92. The molecule has 2 rings (SSSR count). The molecule has 72 valence electrons. The van der Waals surface area contributed by atoms with Crippen LogP contribution < -0.4 is 0 Å². The van der Waals surface area contributed by atoms with Crippen molar-refractivity contribution >= 4 is 22.7 Å². The Labute approximate surface area is 85.9 Å². The van der Waals surface area contributed by atoms with E-state index in [0.717, 1.165) is 18.0 Å². The molecule has 0 fully saturated rings. The molecule has 0 aliphatic carbocycles. The van der Waals surface area contributed by atoms with Crippen molar-refractivity contribution in [2.75, 3.05) is 6.54 Å². The van der Waals surface area contributed by atoms with Crippen LogP contribution in [-0.4, -0.2) is 15.4 Å². The Morgan fingerprint density at radius 2 is 2.38 bits per heavy atom. The molecule has 0 spiro atoms. The number of fused-ring (bicyclic) bond motifs is 1. The van der Waals surface area contributed by atoms with Crippen molar-refractivity contribution in [3.8, 4) is 0 Å². The minimum atomic E-state index is -0.881. The van der Waals surface area contributed by atoms with Crippen LogP contribution in [0.5, 0.6) is 0 Å². The first kappa shape index (κ1) is 9.52. The maximum absolute atomic E-state index is 11.8. The van der Waals surface area contributed by atoms with Crippen LogP contribution >= 0.6 is 11.3 Å². The lowest BCUT2D eigenvalue weighted by molar-refractivity contribution is 0.376. The molecule has 0 bridgehead atoms. The van der Waals surface area contributed by atoms with Gasteiger partial charge >= 0.3 is 0 Å². The molecule has 1 atom stereocenters. The maximum Gasteiger partial charge on any atom is 0.189 e. The fourth-order valence-corrected chi connectivity index (χ4v) is 4.10. The van der Waals surface area contributed by atoms with E-state index in [4.69, 9.17) is 0 Å². The van der Waals surface area contributed by atoms with Crippen LogP contribution in [0.15, 0.2) is 15.7 Å². The quantitative estimate of drug-likeness (QED) is 0.707. The first-order valence-electron chi connectivity index (χ1n) is 4.40. The predicted octanol–water partition coefficient (Wildman–Crippen LogP) is 2.24. The van der Waals surface area contributed by atoms with Gasteiger partial charge in [0.1, 0.15) is 0 Å². The third kappa shape index (κ3) is 1.76. The highest BCUT2D eigenvalue weighted by Gasteiger charge is 2.34. The zero-order valence-corrected chi connectivity index (χ0v) is 9.45. The van der Waals surface area contributed by atoms with Crippen LogP contribution in [-0.2, 0) is 17.9 Å². The first-order chi connectivity index (χ1) is 6.18. The summed E-state index contributed by atoms with van der Waals surface area (Å²) < 4.78 is 13.9. The van der Waals surface area contributed by atoms with Crippen molar-refractivity contribution in [3.05, 3.63) is 16.3 Å². The fourth-order valence-electron chi connectivity index (χ4n) is 1.51. The van der Waals surface area contributed by atoms with Crippen LogP contribution in [0.2, 0.25) is 0 Å². The molecule has 1 aromatic rings. The lowest BCUT2D eigenvalue weighted by atomic mass is 10.2. The standard InChI is InChI=1S/C9H13NOS2/c1-7(2)3-10-4-8-5-12-6-9(8)13(10)11/h5-7H,3-4H2,1-2H3. The van der Waals surface area contributed by atoms with Gasteiger partial charge in [-0.05, 0) is 5.92 Å². The second kappa shape index (κ2) is 3.61. The van der Waals surface area contributed by atoms with Crippen LogP contribution in [0.4, 0.5) is 0 Å². The van der Waals surface area contributed by atoms with Gasteiger partial charge in [-0.2, -0.15) is 0 Å². The molecule has 0 saturated carbocycles. The molecule has 2 nitrogen and oxygen atoms in total. The maximum atomic E-state index is 11.8. The van der Waals surface area contributed by atoms with E-state index in [9.17, 15) is 4.55 Å². The number of nitrogens with zero attached hydrogens (tertiary/aromatic N) is 1. The molecule has 1 aromatic heterocycles. The highest BCUT2D eigenvalue weighted by molar-refractivity contribution is 7.89. The summed E-state index contributed by atoms with van der Waals surface area (Å²) in [5.41, 5.74) is 1.25. The SMILES string of the molecule is CC(C)CN1Cc2cscc2[S+]1[O-]. The van der Waals surface area contributed by atoms with Crippen LogP contribution in [0, 0.1) is 5.92 Å². The molecule has 1 aliphatic rings. The van der Waals surface area contributed by atoms with Gasteiger partial charge in [0.2, 0.25) is 0 Å². The summed E-state index contributed by atoms with van der Waals surface area (Å²) >= 11 is 0.766. The van der Waals surface area contributed by atoms with Crippen LogP contribution in [0.1, 0.15) is 19.4 Å². The number of thiophene rings is 1. The normalized spacial score (nSPS) is 22.6. The molecule has 0 aromatic carbocycles. The van der Waals surface area contributed by atoms with Crippen molar-refractivity contribution < 1.29 is 4.55 Å². The summed E-state index contributed by atoms with van der Waals surface area (Å²) in [5, 5.41) is 4.11. The average Bonchev–Trinajstić information content (AvgIpc) is 2.56. The third-order valence-corrected chi connectivity index (χ3v) is 4.49. The highest BCUT2D eigenvalue weighted by Crippen LogP contribution is 2.33. The van der Waals surface area contributed by atoms with E-state index in [2.05, 4.69) is 19.2 Å². The molecule has 1 aliphatic heterocycles. The van der Waals surface area contributed by atoms with Gasteiger partial charge in [0.15, 0.2) is 4.90 Å². The molecule has 0 N–H and O–H groups in total. The van der Waals surface area contributed by atoms with E-state index in [-0.39, 0.29) is 0 Å². The molecule has 2 heterocycles. The zero-order valence-electron chi connectivity index (χ0n) is 7.82. The van der Waals surface area contributed by atoms with E-state index in [0.29, 0.717) is 5.92 Å². The van der Waals surface area contributed by atoms with Gasteiger partial charge in [-0.15, -0.1) is 15.6 Å². The smallest absolute Gasteiger partial charge is 0.189 e. The Morgan fingerprint density at radius 3 is 3.00 bits per heavy atom. The molecule has 1 unspecified atom stereocenters. The van der Waals surface area contributed by atoms with Gasteiger partial charge in [-0.3, -0.25) is 0 Å². The Hall–Kier alpha value is -0.0300. The van der Waals surface area contributed by atoms with Gasteiger partial charge in [0, 0.05) is 22.9 Å². The lowest BCUT2D eigenvalue weighted by Crippen LogP contribution is -2.28. The van der Waals surface area contributed by atoms with E-state index in [1.807, 2.05) is 9.69 Å². The molecule has 4 heteroatoms. The zero-order chi connectivity index (χ0) is 9.42. The van der Waals surface area contributed by atoms with Crippen molar-refractivity contribution in [1.29, 1.82) is 0 Å². The molecular formula is C9H13NOS2. The van der Waals surface area contributed by atoms with Crippen molar-refractivity contribution in [1.82, 2.24) is 4.31 Å². The van der Waals surface area contributed by atoms with Gasteiger partial charge in [-0.25, -0.2) is 0 Å². The summed E-state index contributed by atoms with van der Waals surface area (Å²) in [5.74, 6) is 0.580. The Bertz CT molecular complexity index is 298. The molecule has 13 heavy (non-hydrogen) atoms. The number of rotatable bonds is 2. The predicted molar refractivity (Wildman–Crippen MR) is 56.0 cm³/mol. The molecule has 0 radical (unpaired) electrons. The van der Waals surface area contributed by atoms with Gasteiger partial charge < -0.3 is 4.55 Å². The Morgan fingerprint density at radius 1 is 1.62 bits per heavy atom. The molecule has 0 saturated heterocycles. The van der Waals surface area contributed by atoms with Crippen LogP contribution in [0.25, 0.3) is 0 Å². The summed E-state index contributed by atoms with van der Waals surface area (Å²) in [4.78, 5) is 1.03. The highest BCUT2D eigenvalue weighted by atomic mass is 32.2. The Kier molecular flexibility index (Phi) is 2.65. The lowest BCUT2D eigenvalue weighted by Gasteiger charge is -2.18. The van der Waals surface area contributed by atoms with Gasteiger partial charge in [0.25, 0.3) is 0 Å². The first-order valence-corrected chi connectivity index (χ1v) is 6.45. The minimum absolute atomic E-state index is 0.580. The summed E-state index contributed by atoms with van der Waals surface area (Å²) in [6, 6.07) is 0. The number of hydrogen-bond acceptors (Lipinski definition) is 3. The summed E-state index contributed by atoms with van der Waals surface area (Å²) in [6.45, 7) is 6.10. The monoisotopic (exact) mass is 215 g/mol. The van der Waals surface area contributed by atoms with E-state index in [1.54, 1.807) is 11.3 Å². The largest absolute Gasteiger partial charge is 0.593 e. The fraction of sp³-hybridized carbons (Fsp3) is 0.556. The average molecular weight is 215 g/mol. The molecular weight excluding hydrogens is 202 g/mol. The Balaban J connectivity index is 2.10. The minimum Gasteiger partial charge on any atom is -0.593 e. The summed E-state index contributed by atoms with van der Waals surface area (Å²) in [6.07, 6.45) is 0. The number of hydrogen-bond donors (Lipinski definition) is 0. The topological polar surface area (TPSA) is 26.3 Å². The van der Waals surface area contributed by atoms with Crippen molar-refractivity contribution in [2.24, 2.45) is 5.92 Å².